The van der Waals surface area contributed by atoms with Crippen LogP contribution in [0.1, 0.15) is 78.6 Å². The van der Waals surface area contributed by atoms with Gasteiger partial charge in [-0.05, 0) is 68.2 Å². The summed E-state index contributed by atoms with van der Waals surface area (Å²) in [5.41, 5.74) is 0.246. The quantitative estimate of drug-likeness (QED) is 0.0660. The molecule has 0 aliphatic heterocycles. The molecule has 262 valence electrons. The van der Waals surface area contributed by atoms with Crippen LogP contribution in [-0.2, 0) is 54.5 Å². The molecule has 1 aromatic rings. The molecular formula is C28H52O13P4. The average Bonchev–Trinajstić information content (AvgIpc) is 2.98. The molecule has 17 heteroatoms. The molecule has 0 bridgehead atoms. The van der Waals surface area contributed by atoms with Gasteiger partial charge in [0.15, 0.2) is 16.6 Å². The van der Waals surface area contributed by atoms with Crippen LogP contribution < -0.4 is 0 Å². The third-order valence-electron chi connectivity index (χ3n) is 6.35. The molecule has 0 unspecified atom stereocenters. The van der Waals surface area contributed by atoms with Crippen molar-refractivity contribution in [2.24, 2.45) is 5.92 Å². The number of rotatable bonds is 26. The molecule has 0 fully saturated rings. The predicted molar refractivity (Wildman–Crippen MR) is 175 cm³/mol. The minimum atomic E-state index is -4.30. The lowest BCUT2D eigenvalue weighted by molar-refractivity contribution is 0.0903. The van der Waals surface area contributed by atoms with Crippen molar-refractivity contribution in [2.45, 2.75) is 79.0 Å². The predicted octanol–water partition coefficient (Wildman–Crippen LogP) is 8.98. The lowest BCUT2D eigenvalue weighted by Crippen LogP contribution is -2.29. The van der Waals surface area contributed by atoms with Gasteiger partial charge in [-0.25, -0.2) is 0 Å². The fourth-order valence-electron chi connectivity index (χ4n) is 4.80. The molecule has 0 radical (unpaired) electrons. The molecule has 0 atom stereocenters. The third kappa shape index (κ3) is 11.8. The Balaban J connectivity index is 4.10. The molecule has 0 aliphatic rings. The second-order valence-corrected chi connectivity index (χ2v) is 19.1. The highest BCUT2D eigenvalue weighted by molar-refractivity contribution is 7.73. The number of ketones is 1. The van der Waals surface area contributed by atoms with Crippen LogP contribution in [0.3, 0.4) is 0 Å². The molecule has 1 rings (SSSR count). The largest absolute Gasteiger partial charge is 0.345 e. The number of Topliss-reactive ketones (excluding diaryl/α,β-unsaturated/α-hetero) is 1. The summed E-state index contributed by atoms with van der Waals surface area (Å²) in [6, 6.07) is 8.19. The summed E-state index contributed by atoms with van der Waals surface area (Å²) in [6.45, 7) is 12.2. The average molecular weight is 721 g/mol. The van der Waals surface area contributed by atoms with Gasteiger partial charge in [-0.3, -0.25) is 23.1 Å². The normalized spacial score (nSPS) is 13.3. The van der Waals surface area contributed by atoms with Crippen LogP contribution >= 0.6 is 30.4 Å². The van der Waals surface area contributed by atoms with Gasteiger partial charge in [0.2, 0.25) is 0 Å². The van der Waals surface area contributed by atoms with Gasteiger partial charge in [0.05, 0.1) is 52.9 Å². The van der Waals surface area contributed by atoms with Crippen molar-refractivity contribution in [2.75, 3.05) is 52.9 Å². The number of benzene rings is 1. The summed E-state index contributed by atoms with van der Waals surface area (Å²) < 4.78 is 103. The van der Waals surface area contributed by atoms with Crippen molar-refractivity contribution in [3.63, 3.8) is 0 Å². The van der Waals surface area contributed by atoms with Gasteiger partial charge in [-0.2, -0.15) is 0 Å². The highest BCUT2D eigenvalue weighted by Gasteiger charge is 2.56. The number of hydrogen-bond acceptors (Lipinski definition) is 13. The fraction of sp³-hybridized carbons (Fsp3) is 0.750. The van der Waals surface area contributed by atoms with E-state index in [1.54, 1.807) is 85.7 Å². The Hall–Kier alpha value is -0.510. The number of hydrogen-bond donors (Lipinski definition) is 0. The first kappa shape index (κ1) is 42.5. The molecule has 0 spiro atoms. The number of carbonyl (C=O) groups excluding carboxylic acids is 1. The summed E-state index contributed by atoms with van der Waals surface area (Å²) in [4.78, 5) is 14.3. The summed E-state index contributed by atoms with van der Waals surface area (Å²) in [6.07, 6.45) is -0.898. The van der Waals surface area contributed by atoms with Gasteiger partial charge in [-0.1, -0.05) is 30.3 Å². The molecule has 0 aromatic heterocycles. The Labute approximate surface area is 268 Å². The maximum absolute atomic E-state index is 14.4. The van der Waals surface area contributed by atoms with E-state index in [1.807, 2.05) is 0 Å². The molecule has 0 amide bonds. The lowest BCUT2D eigenvalue weighted by Gasteiger charge is -2.36. The van der Waals surface area contributed by atoms with Crippen LogP contribution in [0.2, 0.25) is 0 Å². The maximum atomic E-state index is 14.4. The van der Waals surface area contributed by atoms with Crippen molar-refractivity contribution in [3.8, 4) is 0 Å². The molecule has 45 heavy (non-hydrogen) atoms. The molecular weight excluding hydrogens is 668 g/mol. The van der Waals surface area contributed by atoms with E-state index in [0.717, 1.165) is 0 Å². The summed E-state index contributed by atoms with van der Waals surface area (Å²) in [5, 5.41) is -3.17. The zero-order valence-electron chi connectivity index (χ0n) is 27.8. The van der Waals surface area contributed by atoms with Crippen molar-refractivity contribution in [1.29, 1.82) is 0 Å². The molecule has 0 N–H and O–H groups in total. The van der Waals surface area contributed by atoms with Gasteiger partial charge >= 0.3 is 30.4 Å². The monoisotopic (exact) mass is 720 g/mol. The van der Waals surface area contributed by atoms with E-state index in [9.17, 15) is 23.1 Å². The first-order valence-electron chi connectivity index (χ1n) is 15.5. The first-order chi connectivity index (χ1) is 21.3. The third-order valence-corrected chi connectivity index (χ3v) is 18.5. The van der Waals surface area contributed by atoms with Crippen LogP contribution in [0, 0.1) is 5.92 Å². The smallest absolute Gasteiger partial charge is 0.308 e. The van der Waals surface area contributed by atoms with Crippen molar-refractivity contribution < 1.29 is 59.2 Å². The molecule has 0 heterocycles. The number of carbonyl (C=O) groups is 1. The van der Waals surface area contributed by atoms with Gasteiger partial charge in [-0.15, -0.1) is 0 Å². The fourth-order valence-corrected chi connectivity index (χ4v) is 15.8. The maximum Gasteiger partial charge on any atom is 0.345 e. The van der Waals surface area contributed by atoms with Crippen LogP contribution in [0.4, 0.5) is 0 Å². The van der Waals surface area contributed by atoms with Crippen LogP contribution in [0.15, 0.2) is 30.3 Å². The van der Waals surface area contributed by atoms with E-state index in [-0.39, 0.29) is 58.4 Å². The zero-order chi connectivity index (χ0) is 34.2. The van der Waals surface area contributed by atoms with Crippen molar-refractivity contribution in [3.05, 3.63) is 35.9 Å². The van der Waals surface area contributed by atoms with E-state index < -0.39 is 65.7 Å². The Morgan fingerprint density at radius 3 is 0.956 bits per heavy atom. The minimum absolute atomic E-state index is 0.0697. The summed E-state index contributed by atoms with van der Waals surface area (Å²) in [5.74, 6) is -1.78. The first-order valence-corrected chi connectivity index (χ1v) is 21.9. The summed E-state index contributed by atoms with van der Waals surface area (Å²) in [7, 11) is -17.2. The lowest BCUT2D eigenvalue weighted by atomic mass is 9.93. The second-order valence-electron chi connectivity index (χ2n) is 9.36. The van der Waals surface area contributed by atoms with Gasteiger partial charge < -0.3 is 36.2 Å². The highest BCUT2D eigenvalue weighted by Crippen LogP contribution is 2.74. The van der Waals surface area contributed by atoms with Crippen molar-refractivity contribution >= 4 is 36.2 Å². The van der Waals surface area contributed by atoms with Crippen LogP contribution in [0.25, 0.3) is 0 Å². The highest BCUT2D eigenvalue weighted by atomic mass is 31.2. The van der Waals surface area contributed by atoms with Gasteiger partial charge in [0, 0.05) is 11.5 Å². The van der Waals surface area contributed by atoms with E-state index in [2.05, 4.69) is 0 Å². The van der Waals surface area contributed by atoms with Crippen LogP contribution in [0.5, 0.6) is 0 Å². The van der Waals surface area contributed by atoms with E-state index >= 15 is 0 Å². The van der Waals surface area contributed by atoms with E-state index in [4.69, 9.17) is 36.2 Å². The topological polar surface area (TPSA) is 159 Å². The Morgan fingerprint density at radius 2 is 0.733 bits per heavy atom. The van der Waals surface area contributed by atoms with Gasteiger partial charge in [0.1, 0.15) is 0 Å². The minimum Gasteiger partial charge on any atom is -0.308 e. The summed E-state index contributed by atoms with van der Waals surface area (Å²) >= 11 is 0. The SMILES string of the molecule is CCOP(=O)(OCC)C(CC(CC(P(=O)(OCC)OCC)P(=O)(OCC)OCC)C(=O)c1ccccc1)P(=O)(OCC)OCC. The second kappa shape index (κ2) is 20.8. The Morgan fingerprint density at radius 1 is 0.489 bits per heavy atom. The molecule has 0 saturated carbocycles. The van der Waals surface area contributed by atoms with Crippen LogP contribution in [-0.4, -0.2) is 69.4 Å². The van der Waals surface area contributed by atoms with E-state index in [0.29, 0.717) is 0 Å². The molecule has 1 aromatic carbocycles. The molecule has 0 saturated heterocycles. The van der Waals surface area contributed by atoms with E-state index in [1.165, 1.54) is 0 Å². The molecule has 0 aliphatic carbocycles. The van der Waals surface area contributed by atoms with Gasteiger partial charge in [0.25, 0.3) is 0 Å². The zero-order valence-corrected chi connectivity index (χ0v) is 31.4. The standard InChI is InChI=1S/C28H52O13P4/c1-9-34-42(30,35-10-2)26(43(31,36-11-3)37-12-4)22-25(28(29)24-20-18-17-19-21-24)23-27(44(32,38-13-5)39-14-6)45(33,40-15-7)41-16-8/h17-21,25-27H,9-16,22-23H2,1-8H3. The van der Waals surface area contributed by atoms with Crippen molar-refractivity contribution in [1.82, 2.24) is 0 Å². The molecule has 13 nitrogen and oxygen atoms in total. The Bertz CT molecular complexity index is 1030. The Kier molecular flexibility index (Phi) is 19.6.